The number of benzene rings is 3. The van der Waals surface area contributed by atoms with Gasteiger partial charge in [0.15, 0.2) is 5.82 Å². The zero-order chi connectivity index (χ0) is 26.2. The second kappa shape index (κ2) is 9.62. The Labute approximate surface area is 217 Å². The minimum atomic E-state index is -4.28. The summed E-state index contributed by atoms with van der Waals surface area (Å²) in [5.41, 5.74) is 0.918. The van der Waals surface area contributed by atoms with Gasteiger partial charge in [-0.25, -0.2) is 18.0 Å². The molecule has 3 aromatic carbocycles. The molecule has 0 bridgehead atoms. The smallest absolute Gasteiger partial charge is 0.438 e. The Bertz CT molecular complexity index is 1580. The number of hydrogen-bond acceptors (Lipinski definition) is 7. The average molecular weight is 540 g/mol. The van der Waals surface area contributed by atoms with Gasteiger partial charge in [-0.05, 0) is 47.4 Å². The lowest BCUT2D eigenvalue weighted by atomic mass is 10.1. The highest BCUT2D eigenvalue weighted by Gasteiger charge is 2.68. The predicted molar refractivity (Wildman–Crippen MR) is 135 cm³/mol. The highest BCUT2D eigenvalue weighted by Crippen LogP contribution is 2.58. The number of nitrogens with zero attached hydrogens (tertiary/aromatic N) is 2. The lowest BCUT2D eigenvalue weighted by Gasteiger charge is -2.29. The number of aromatic nitrogens is 2. The molecule has 0 aliphatic heterocycles. The van der Waals surface area contributed by atoms with E-state index in [0.29, 0.717) is 5.02 Å². The van der Waals surface area contributed by atoms with Crippen molar-refractivity contribution in [2.75, 3.05) is 7.11 Å². The Balaban J connectivity index is 1.58. The fraction of sp³-hybridized carbons (Fsp3) is 0.192. The molecule has 1 saturated carbocycles. The summed E-state index contributed by atoms with van der Waals surface area (Å²) in [7, 11) is -3.06. The van der Waals surface area contributed by atoms with E-state index in [2.05, 4.69) is 14.7 Å². The molecule has 4 aromatic rings. The molecule has 37 heavy (non-hydrogen) atoms. The van der Waals surface area contributed by atoms with Crippen molar-refractivity contribution in [1.29, 1.82) is 0 Å². The van der Waals surface area contributed by atoms with Gasteiger partial charge in [0.2, 0.25) is 10.0 Å². The number of sulfonamides is 1. The molecule has 1 N–H and O–H groups in total. The summed E-state index contributed by atoms with van der Waals surface area (Å²) in [4.78, 5) is 27.1. The molecular formula is C26H22ClN3O6S. The monoisotopic (exact) mass is 539 g/mol. The third-order valence-electron chi connectivity index (χ3n) is 6.52. The first-order valence-corrected chi connectivity index (χ1v) is 13.1. The third-order valence-corrected chi connectivity index (χ3v) is 8.67. The van der Waals surface area contributed by atoms with Gasteiger partial charge in [-0.3, -0.25) is 9.51 Å². The first-order chi connectivity index (χ1) is 17.8. The zero-order valence-electron chi connectivity index (χ0n) is 19.6. The van der Waals surface area contributed by atoms with Crippen molar-refractivity contribution in [3.63, 3.8) is 0 Å². The van der Waals surface area contributed by atoms with Crippen molar-refractivity contribution in [2.24, 2.45) is 0 Å². The van der Waals surface area contributed by atoms with E-state index in [-0.39, 0.29) is 17.1 Å². The molecule has 2 atom stereocenters. The molecular weight excluding hydrogens is 518 g/mol. The van der Waals surface area contributed by atoms with Gasteiger partial charge in [0, 0.05) is 10.9 Å². The molecule has 0 amide bonds. The van der Waals surface area contributed by atoms with Crippen molar-refractivity contribution in [1.82, 2.24) is 14.4 Å². The number of nitrogens with one attached hydrogen (secondary N) is 1. The molecule has 190 valence electrons. The maximum absolute atomic E-state index is 14.1. The summed E-state index contributed by atoms with van der Waals surface area (Å²) in [6.07, 6.45) is 0.202. The molecule has 11 heteroatoms. The van der Waals surface area contributed by atoms with Gasteiger partial charge in [0.05, 0.1) is 18.6 Å². The predicted octanol–water partition coefficient (Wildman–Crippen LogP) is 3.97. The van der Waals surface area contributed by atoms with Gasteiger partial charge >= 0.3 is 11.7 Å². The van der Waals surface area contributed by atoms with Gasteiger partial charge in [-0.1, -0.05) is 71.4 Å². The summed E-state index contributed by atoms with van der Waals surface area (Å²) in [5.74, 6) is -2.02. The van der Waals surface area contributed by atoms with Gasteiger partial charge in [0.1, 0.15) is 5.54 Å². The van der Waals surface area contributed by atoms with Crippen LogP contribution in [0.1, 0.15) is 23.7 Å². The van der Waals surface area contributed by atoms with E-state index in [0.717, 1.165) is 21.0 Å². The second-order valence-electron chi connectivity index (χ2n) is 8.67. The number of methoxy groups -OCH3 is 1. The van der Waals surface area contributed by atoms with Crippen LogP contribution in [-0.2, 0) is 26.1 Å². The van der Waals surface area contributed by atoms with Gasteiger partial charge in [-0.2, -0.15) is 4.31 Å². The summed E-state index contributed by atoms with van der Waals surface area (Å²) >= 11 is 5.97. The van der Waals surface area contributed by atoms with Crippen LogP contribution in [0.5, 0.6) is 0 Å². The second-order valence-corrected chi connectivity index (χ2v) is 11.0. The minimum Gasteiger partial charge on any atom is -0.468 e. The van der Waals surface area contributed by atoms with Gasteiger partial charge < -0.3 is 4.74 Å². The molecule has 0 unspecified atom stereocenters. The number of rotatable bonds is 8. The first kappa shape index (κ1) is 24.9. The van der Waals surface area contributed by atoms with Gasteiger partial charge in [-0.15, -0.1) is 0 Å². The number of ether oxygens (including phenoxy) is 1. The molecule has 0 radical (unpaired) electrons. The molecule has 1 fully saturated rings. The summed E-state index contributed by atoms with van der Waals surface area (Å²) in [6, 6.07) is 22.6. The molecule has 0 spiro atoms. The molecule has 0 saturated heterocycles. The molecule has 1 aromatic heterocycles. The van der Waals surface area contributed by atoms with Crippen molar-refractivity contribution < 1.29 is 22.5 Å². The fourth-order valence-electron chi connectivity index (χ4n) is 4.60. The third kappa shape index (κ3) is 4.59. The van der Waals surface area contributed by atoms with Crippen LogP contribution in [0.15, 0.2) is 93.1 Å². The van der Waals surface area contributed by atoms with Crippen LogP contribution >= 0.6 is 11.6 Å². The number of H-pyrrole nitrogens is 1. The highest BCUT2D eigenvalue weighted by molar-refractivity contribution is 7.89. The summed E-state index contributed by atoms with van der Waals surface area (Å²) in [5, 5.41) is 4.23. The van der Waals surface area contributed by atoms with E-state index in [1.54, 1.807) is 24.3 Å². The largest absolute Gasteiger partial charge is 0.468 e. The summed E-state index contributed by atoms with van der Waals surface area (Å²) < 4.78 is 38.9. The normalized spacial score (nSPS) is 19.1. The maximum Gasteiger partial charge on any atom is 0.438 e. The topological polar surface area (TPSA) is 123 Å². The molecule has 1 aliphatic carbocycles. The number of esters is 1. The van der Waals surface area contributed by atoms with Crippen LogP contribution in [0.3, 0.4) is 0 Å². The standard InChI is InChI=1S/C26H22ClN3O6S/c1-35-24(31)26(15-22(26)19-5-3-2-4-6-19)30(16-23-28-25(32)36-29-23)37(33,34)21-13-9-18(10-14-21)17-7-11-20(27)12-8-17/h2-14,22H,15-16H2,1H3,(H,28,29,32)/t22-,26+/m0/s1. The Morgan fingerprint density at radius 2 is 1.70 bits per heavy atom. The van der Waals surface area contributed by atoms with E-state index in [4.69, 9.17) is 16.3 Å². The van der Waals surface area contributed by atoms with Crippen LogP contribution in [0, 0.1) is 0 Å². The van der Waals surface area contributed by atoms with E-state index in [1.165, 1.54) is 19.2 Å². The number of aromatic amines is 1. The SMILES string of the molecule is COC(=O)[C@@]1(N(Cc2noc(=O)[nH]2)S(=O)(=O)c2ccc(-c3ccc(Cl)cc3)cc2)C[C@H]1c1ccccc1. The van der Waals surface area contributed by atoms with Crippen LogP contribution in [0.4, 0.5) is 0 Å². The van der Waals surface area contributed by atoms with Crippen molar-refractivity contribution in [3.8, 4) is 11.1 Å². The molecule has 5 rings (SSSR count). The Kier molecular flexibility index (Phi) is 6.49. The van der Waals surface area contributed by atoms with Crippen molar-refractivity contribution in [2.45, 2.75) is 29.3 Å². The number of hydrogen-bond donors (Lipinski definition) is 1. The van der Waals surface area contributed by atoms with Crippen molar-refractivity contribution >= 4 is 27.6 Å². The van der Waals surface area contributed by atoms with Crippen LogP contribution < -0.4 is 5.76 Å². The van der Waals surface area contributed by atoms with Crippen LogP contribution in [0.2, 0.25) is 5.02 Å². The highest BCUT2D eigenvalue weighted by atomic mass is 35.5. The van der Waals surface area contributed by atoms with E-state index in [9.17, 15) is 18.0 Å². The van der Waals surface area contributed by atoms with Crippen LogP contribution in [0.25, 0.3) is 11.1 Å². The molecule has 1 aliphatic rings. The number of halogens is 1. The van der Waals surface area contributed by atoms with E-state index in [1.807, 2.05) is 42.5 Å². The number of carbonyl (C=O) groups is 1. The molecule has 9 nitrogen and oxygen atoms in total. The van der Waals surface area contributed by atoms with Gasteiger partial charge in [0.25, 0.3) is 0 Å². The average Bonchev–Trinajstić information content (AvgIpc) is 3.53. The summed E-state index contributed by atoms with van der Waals surface area (Å²) in [6.45, 7) is -0.397. The van der Waals surface area contributed by atoms with E-state index >= 15 is 0 Å². The van der Waals surface area contributed by atoms with Crippen LogP contribution in [-0.4, -0.2) is 41.5 Å². The minimum absolute atomic E-state index is 0.0296. The fourth-order valence-corrected chi connectivity index (χ4v) is 6.46. The number of carbonyl (C=O) groups excluding carboxylic acids is 1. The zero-order valence-corrected chi connectivity index (χ0v) is 21.2. The molecule has 1 heterocycles. The first-order valence-electron chi connectivity index (χ1n) is 11.3. The Hall–Kier alpha value is -3.73. The van der Waals surface area contributed by atoms with Crippen molar-refractivity contribution in [3.05, 3.63) is 106 Å². The van der Waals surface area contributed by atoms with E-state index < -0.39 is 39.8 Å². The lowest BCUT2D eigenvalue weighted by molar-refractivity contribution is -0.147. The maximum atomic E-state index is 14.1. The Morgan fingerprint density at radius 1 is 1.08 bits per heavy atom. The quantitative estimate of drug-likeness (QED) is 0.336. The lowest BCUT2D eigenvalue weighted by Crippen LogP contribution is -2.48. The Morgan fingerprint density at radius 3 is 2.27 bits per heavy atom.